The van der Waals surface area contributed by atoms with Gasteiger partial charge in [0.2, 0.25) is 0 Å². The van der Waals surface area contributed by atoms with E-state index in [1.807, 2.05) is 6.92 Å². The predicted octanol–water partition coefficient (Wildman–Crippen LogP) is 1.78. The van der Waals surface area contributed by atoms with Crippen LogP contribution in [0.15, 0.2) is 0 Å². The van der Waals surface area contributed by atoms with Crippen LogP contribution in [0.4, 0.5) is 0 Å². The Labute approximate surface area is 129 Å². The number of unbranched alkanes of at least 4 members (excludes halogenated alkanes) is 1. The molecule has 1 aliphatic heterocycles. The molecule has 0 radical (unpaired) electrons. The van der Waals surface area contributed by atoms with Crippen molar-refractivity contribution >= 4 is 0 Å². The maximum atomic E-state index is 9.30. The molecule has 0 aliphatic carbocycles. The highest BCUT2D eigenvalue weighted by Gasteiger charge is 2.32. The molecule has 3 unspecified atom stereocenters. The minimum Gasteiger partial charge on any atom is -0.377 e. The highest BCUT2D eigenvalue weighted by Crippen LogP contribution is 2.18. The van der Waals surface area contributed by atoms with E-state index >= 15 is 0 Å². The van der Waals surface area contributed by atoms with Crippen LogP contribution in [0.1, 0.15) is 39.5 Å². The van der Waals surface area contributed by atoms with Gasteiger partial charge < -0.3 is 9.47 Å². The smallest absolute Gasteiger partial charge is 0.103 e. The van der Waals surface area contributed by atoms with Gasteiger partial charge >= 0.3 is 0 Å². The van der Waals surface area contributed by atoms with Gasteiger partial charge in [0.1, 0.15) is 5.54 Å². The Bertz CT molecular complexity index is 320. The van der Waals surface area contributed by atoms with Crippen molar-refractivity contribution in [1.82, 2.24) is 10.2 Å². The molecule has 5 heteroatoms. The van der Waals surface area contributed by atoms with Gasteiger partial charge in [-0.1, -0.05) is 6.92 Å². The normalized spacial score (nSPS) is 25.7. The average molecular weight is 297 g/mol. The lowest BCUT2D eigenvalue weighted by atomic mass is 9.96. The van der Waals surface area contributed by atoms with Crippen molar-refractivity contribution in [2.45, 2.75) is 57.3 Å². The third kappa shape index (κ3) is 5.91. The molecule has 0 aromatic heterocycles. The zero-order chi connectivity index (χ0) is 15.7. The molecule has 1 N–H and O–H groups in total. The lowest BCUT2D eigenvalue weighted by Gasteiger charge is -2.23. The Hall–Kier alpha value is -0.670. The molecule has 21 heavy (non-hydrogen) atoms. The van der Waals surface area contributed by atoms with Crippen LogP contribution in [-0.4, -0.2) is 63.0 Å². The second-order valence-corrected chi connectivity index (χ2v) is 6.14. The molecule has 0 spiro atoms. The molecule has 122 valence electrons. The molecule has 1 saturated heterocycles. The van der Waals surface area contributed by atoms with Gasteiger partial charge in [-0.25, -0.2) is 0 Å². The highest BCUT2D eigenvalue weighted by molar-refractivity contribution is 5.03. The summed E-state index contributed by atoms with van der Waals surface area (Å²) in [6, 6.07) is 2.41. The minimum atomic E-state index is -0.384. The summed E-state index contributed by atoms with van der Waals surface area (Å²) in [5, 5.41) is 12.6. The van der Waals surface area contributed by atoms with Crippen molar-refractivity contribution in [2.24, 2.45) is 0 Å². The number of nitriles is 1. The maximum Gasteiger partial charge on any atom is 0.103 e. The summed E-state index contributed by atoms with van der Waals surface area (Å²) >= 11 is 0. The van der Waals surface area contributed by atoms with Crippen LogP contribution < -0.4 is 5.32 Å². The molecule has 1 heterocycles. The number of methoxy groups -OCH3 is 2. The fourth-order valence-corrected chi connectivity index (χ4v) is 2.85. The van der Waals surface area contributed by atoms with Crippen LogP contribution in [0.2, 0.25) is 0 Å². The van der Waals surface area contributed by atoms with E-state index < -0.39 is 0 Å². The summed E-state index contributed by atoms with van der Waals surface area (Å²) < 4.78 is 10.9. The number of nitrogens with zero attached hydrogens (tertiary/aromatic N) is 2. The van der Waals surface area contributed by atoms with Crippen molar-refractivity contribution in [3.8, 4) is 6.07 Å². The first-order valence-corrected chi connectivity index (χ1v) is 8.02. The molecule has 0 bridgehead atoms. The molecule has 3 atom stereocenters. The first-order valence-electron chi connectivity index (χ1n) is 8.02. The van der Waals surface area contributed by atoms with Crippen LogP contribution in [0.25, 0.3) is 0 Å². The van der Waals surface area contributed by atoms with Crippen molar-refractivity contribution in [1.29, 1.82) is 5.26 Å². The van der Waals surface area contributed by atoms with Gasteiger partial charge in [0.25, 0.3) is 0 Å². The first-order chi connectivity index (χ1) is 10.1. The van der Waals surface area contributed by atoms with E-state index in [-0.39, 0.29) is 17.7 Å². The van der Waals surface area contributed by atoms with Crippen molar-refractivity contribution in [3.05, 3.63) is 0 Å². The molecule has 1 rings (SSSR count). The molecule has 0 aromatic carbocycles. The van der Waals surface area contributed by atoms with E-state index in [0.29, 0.717) is 0 Å². The van der Waals surface area contributed by atoms with Crippen LogP contribution in [0.3, 0.4) is 0 Å². The summed E-state index contributed by atoms with van der Waals surface area (Å²) in [5.74, 6) is 0. The zero-order valence-electron chi connectivity index (χ0n) is 14.0. The quantitative estimate of drug-likeness (QED) is 0.623. The number of hydrogen-bond acceptors (Lipinski definition) is 5. The summed E-state index contributed by atoms with van der Waals surface area (Å²) in [6.45, 7) is 7.96. The molecule has 5 nitrogen and oxygen atoms in total. The Morgan fingerprint density at radius 2 is 1.86 bits per heavy atom. The Morgan fingerprint density at radius 3 is 2.33 bits per heavy atom. The lowest BCUT2D eigenvalue weighted by molar-refractivity contribution is -0.00461. The van der Waals surface area contributed by atoms with E-state index in [9.17, 15) is 5.26 Å². The predicted molar refractivity (Wildman–Crippen MR) is 84.2 cm³/mol. The largest absolute Gasteiger partial charge is 0.377 e. The van der Waals surface area contributed by atoms with Crippen LogP contribution in [0, 0.1) is 11.3 Å². The molecular weight excluding hydrogens is 266 g/mol. The molecule has 1 fully saturated rings. The molecular formula is C16H31N3O2. The third-order valence-electron chi connectivity index (χ3n) is 4.31. The van der Waals surface area contributed by atoms with Gasteiger partial charge in [-0.2, -0.15) is 5.26 Å². The van der Waals surface area contributed by atoms with Crippen molar-refractivity contribution in [3.63, 3.8) is 0 Å². The van der Waals surface area contributed by atoms with E-state index in [2.05, 4.69) is 23.2 Å². The van der Waals surface area contributed by atoms with Crippen molar-refractivity contribution < 1.29 is 9.47 Å². The van der Waals surface area contributed by atoms with E-state index in [0.717, 1.165) is 51.9 Å². The van der Waals surface area contributed by atoms with Gasteiger partial charge in [0, 0.05) is 27.3 Å². The van der Waals surface area contributed by atoms with Crippen LogP contribution in [0.5, 0.6) is 0 Å². The topological polar surface area (TPSA) is 57.5 Å². The fraction of sp³-hybridized carbons (Fsp3) is 0.938. The van der Waals surface area contributed by atoms with Crippen LogP contribution >= 0.6 is 0 Å². The Kier molecular flexibility index (Phi) is 8.20. The number of hydrogen-bond donors (Lipinski definition) is 1. The zero-order valence-corrected chi connectivity index (χ0v) is 14.0. The fourth-order valence-electron chi connectivity index (χ4n) is 2.85. The Morgan fingerprint density at radius 1 is 1.24 bits per heavy atom. The van der Waals surface area contributed by atoms with Crippen molar-refractivity contribution in [2.75, 3.05) is 40.4 Å². The summed E-state index contributed by atoms with van der Waals surface area (Å²) in [6.07, 6.45) is 4.50. The Balaban J connectivity index is 2.24. The molecule has 0 saturated carbocycles. The summed E-state index contributed by atoms with van der Waals surface area (Å²) in [5.41, 5.74) is -0.384. The monoisotopic (exact) mass is 297 g/mol. The maximum absolute atomic E-state index is 9.30. The van der Waals surface area contributed by atoms with E-state index in [1.54, 1.807) is 14.2 Å². The summed E-state index contributed by atoms with van der Waals surface area (Å²) in [7, 11) is 3.50. The van der Waals surface area contributed by atoms with E-state index in [4.69, 9.17) is 9.47 Å². The van der Waals surface area contributed by atoms with Gasteiger partial charge in [-0.3, -0.25) is 10.2 Å². The molecule has 1 aliphatic rings. The van der Waals surface area contributed by atoms with Crippen LogP contribution in [-0.2, 0) is 9.47 Å². The van der Waals surface area contributed by atoms with Gasteiger partial charge in [0.15, 0.2) is 0 Å². The number of likely N-dealkylation sites (tertiary alicyclic amines) is 1. The summed E-state index contributed by atoms with van der Waals surface area (Å²) in [4.78, 5) is 2.39. The highest BCUT2D eigenvalue weighted by atomic mass is 16.5. The second kappa shape index (κ2) is 9.37. The third-order valence-corrected chi connectivity index (χ3v) is 4.31. The average Bonchev–Trinajstić information content (AvgIpc) is 2.92. The molecule has 0 aromatic rings. The number of nitrogens with one attached hydrogen (secondary N) is 1. The SMILES string of the molecule is CCCNC(C)(C#N)CCCCN1CC(OC)C(OC)C1. The second-order valence-electron chi connectivity index (χ2n) is 6.14. The van der Waals surface area contributed by atoms with Gasteiger partial charge in [-0.05, 0) is 45.7 Å². The van der Waals surface area contributed by atoms with Gasteiger partial charge in [0.05, 0.1) is 18.3 Å². The number of ether oxygens (including phenoxy) is 2. The van der Waals surface area contributed by atoms with Gasteiger partial charge in [-0.15, -0.1) is 0 Å². The number of rotatable bonds is 10. The first kappa shape index (κ1) is 18.4. The molecule has 0 amide bonds. The minimum absolute atomic E-state index is 0.186. The lowest BCUT2D eigenvalue weighted by Crippen LogP contribution is -2.41. The van der Waals surface area contributed by atoms with E-state index in [1.165, 1.54) is 0 Å². The standard InChI is InChI=1S/C16H31N3O2/c1-5-9-18-16(2,13-17)8-6-7-10-19-11-14(20-3)15(12-19)21-4/h14-15,18H,5-12H2,1-4H3.